The zero-order chi connectivity index (χ0) is 11.6. The molecule has 0 aliphatic heterocycles. The third-order valence-electron chi connectivity index (χ3n) is 2.55. The first-order valence-corrected chi connectivity index (χ1v) is 5.61. The molecule has 1 aromatic carbocycles. The molecule has 0 radical (unpaired) electrons. The fraction of sp³-hybridized carbons (Fsp3) is 0.455. The van der Waals surface area contributed by atoms with E-state index in [0.717, 1.165) is 5.56 Å². The molecule has 0 saturated carbocycles. The second-order valence-electron chi connectivity index (χ2n) is 3.60. The third kappa shape index (κ3) is 2.56. The molecule has 2 nitrogen and oxygen atoms in total. The van der Waals surface area contributed by atoms with Crippen LogP contribution in [0.3, 0.4) is 0 Å². The Morgan fingerprint density at radius 3 is 2.60 bits per heavy atom. The Balaban J connectivity index is 3.26. The molecule has 1 aromatic rings. The zero-order valence-electron chi connectivity index (χ0n) is 8.85. The van der Waals surface area contributed by atoms with Gasteiger partial charge in [-0.25, -0.2) is 4.39 Å². The number of aliphatic hydroxyl groups is 1. The Bertz CT molecular complexity index is 342. The van der Waals surface area contributed by atoms with Crippen molar-refractivity contribution in [2.45, 2.75) is 26.4 Å². The lowest BCUT2D eigenvalue weighted by atomic mass is 9.96. The molecule has 0 saturated heterocycles. The van der Waals surface area contributed by atoms with Gasteiger partial charge in [0.05, 0.1) is 6.10 Å². The summed E-state index contributed by atoms with van der Waals surface area (Å²) in [6.45, 7) is 3.91. The highest BCUT2D eigenvalue weighted by atomic mass is 79.9. The standard InChI is InChI=1S/C11H15BrFNO/c1-6-8(12)5-9(13)7(2)11(6)10(15)3-4-14/h5,10,15H,3-4,14H2,1-2H3. The lowest BCUT2D eigenvalue weighted by Crippen LogP contribution is -2.10. The monoisotopic (exact) mass is 275 g/mol. The van der Waals surface area contributed by atoms with Crippen molar-refractivity contribution in [1.29, 1.82) is 0 Å². The average Bonchev–Trinajstić information content (AvgIpc) is 2.16. The summed E-state index contributed by atoms with van der Waals surface area (Å²) in [6, 6.07) is 1.42. The number of nitrogens with two attached hydrogens (primary N) is 1. The molecule has 84 valence electrons. The van der Waals surface area contributed by atoms with E-state index in [-0.39, 0.29) is 5.82 Å². The van der Waals surface area contributed by atoms with Gasteiger partial charge in [-0.3, -0.25) is 0 Å². The predicted octanol–water partition coefficient (Wildman–Crippen LogP) is 2.59. The van der Waals surface area contributed by atoms with Gasteiger partial charge in [0.2, 0.25) is 0 Å². The van der Waals surface area contributed by atoms with Crippen molar-refractivity contribution in [3.63, 3.8) is 0 Å². The van der Waals surface area contributed by atoms with Crippen LogP contribution in [0, 0.1) is 19.7 Å². The molecule has 0 fully saturated rings. The van der Waals surface area contributed by atoms with Gasteiger partial charge < -0.3 is 10.8 Å². The van der Waals surface area contributed by atoms with Crippen LogP contribution in [0.5, 0.6) is 0 Å². The lowest BCUT2D eigenvalue weighted by Gasteiger charge is -2.17. The highest BCUT2D eigenvalue weighted by Gasteiger charge is 2.17. The highest BCUT2D eigenvalue weighted by Crippen LogP contribution is 2.31. The molecule has 3 N–H and O–H groups in total. The summed E-state index contributed by atoms with van der Waals surface area (Å²) in [5.41, 5.74) is 7.39. The van der Waals surface area contributed by atoms with Gasteiger partial charge in [0, 0.05) is 4.47 Å². The Morgan fingerprint density at radius 1 is 1.47 bits per heavy atom. The van der Waals surface area contributed by atoms with E-state index < -0.39 is 6.10 Å². The number of aliphatic hydroxyl groups excluding tert-OH is 1. The summed E-state index contributed by atoms with van der Waals surface area (Å²) in [5.74, 6) is -0.307. The molecule has 1 atom stereocenters. The maximum absolute atomic E-state index is 13.4. The molecule has 0 heterocycles. The van der Waals surface area contributed by atoms with Gasteiger partial charge in [0.25, 0.3) is 0 Å². The van der Waals surface area contributed by atoms with Gasteiger partial charge in [0.15, 0.2) is 0 Å². The van der Waals surface area contributed by atoms with Gasteiger partial charge >= 0.3 is 0 Å². The van der Waals surface area contributed by atoms with Crippen molar-refractivity contribution in [2.24, 2.45) is 5.73 Å². The molecule has 0 amide bonds. The van der Waals surface area contributed by atoms with Crippen LogP contribution in [-0.4, -0.2) is 11.7 Å². The van der Waals surface area contributed by atoms with E-state index >= 15 is 0 Å². The van der Waals surface area contributed by atoms with Crippen LogP contribution in [0.15, 0.2) is 10.5 Å². The first-order valence-electron chi connectivity index (χ1n) is 4.82. The van der Waals surface area contributed by atoms with E-state index in [4.69, 9.17) is 5.73 Å². The van der Waals surface area contributed by atoms with Crippen LogP contribution in [0.25, 0.3) is 0 Å². The van der Waals surface area contributed by atoms with Gasteiger partial charge in [0.1, 0.15) is 5.82 Å². The van der Waals surface area contributed by atoms with Crippen molar-refractivity contribution in [2.75, 3.05) is 6.54 Å². The first-order chi connectivity index (χ1) is 6.99. The molecule has 1 unspecified atom stereocenters. The zero-order valence-corrected chi connectivity index (χ0v) is 10.4. The Morgan fingerprint density at radius 2 is 2.07 bits per heavy atom. The summed E-state index contributed by atoms with van der Waals surface area (Å²) < 4.78 is 14.1. The topological polar surface area (TPSA) is 46.2 Å². The Kier molecular flexibility index (Phi) is 4.25. The summed E-state index contributed by atoms with van der Waals surface area (Å²) in [7, 11) is 0. The summed E-state index contributed by atoms with van der Waals surface area (Å²) >= 11 is 3.27. The lowest BCUT2D eigenvalue weighted by molar-refractivity contribution is 0.168. The molecule has 4 heteroatoms. The molecule has 0 spiro atoms. The number of hydrogen-bond donors (Lipinski definition) is 2. The van der Waals surface area contributed by atoms with Crippen molar-refractivity contribution in [3.05, 3.63) is 33.0 Å². The first kappa shape index (κ1) is 12.6. The molecular weight excluding hydrogens is 261 g/mol. The van der Waals surface area contributed by atoms with E-state index in [9.17, 15) is 9.50 Å². The second-order valence-corrected chi connectivity index (χ2v) is 4.45. The molecule has 15 heavy (non-hydrogen) atoms. The number of halogens is 2. The normalized spacial score (nSPS) is 12.9. The van der Waals surface area contributed by atoms with Crippen molar-refractivity contribution in [3.8, 4) is 0 Å². The number of rotatable bonds is 3. The second kappa shape index (κ2) is 5.05. The van der Waals surface area contributed by atoms with E-state index in [2.05, 4.69) is 15.9 Å². The molecule has 0 bridgehead atoms. The third-order valence-corrected chi connectivity index (χ3v) is 3.37. The van der Waals surface area contributed by atoms with Crippen molar-refractivity contribution < 1.29 is 9.50 Å². The largest absolute Gasteiger partial charge is 0.388 e. The quantitative estimate of drug-likeness (QED) is 0.891. The van der Waals surface area contributed by atoms with Crippen LogP contribution in [0.4, 0.5) is 4.39 Å². The number of benzene rings is 1. The van der Waals surface area contributed by atoms with Crippen LogP contribution in [-0.2, 0) is 0 Å². The minimum atomic E-state index is -0.693. The summed E-state index contributed by atoms with van der Waals surface area (Å²) in [4.78, 5) is 0. The average molecular weight is 276 g/mol. The highest BCUT2D eigenvalue weighted by molar-refractivity contribution is 9.10. The Hall–Kier alpha value is -0.450. The summed E-state index contributed by atoms with van der Waals surface area (Å²) in [5, 5.41) is 9.86. The van der Waals surface area contributed by atoms with E-state index in [0.29, 0.717) is 28.6 Å². The Labute approximate surface area is 97.4 Å². The molecule has 1 rings (SSSR count). The predicted molar refractivity (Wildman–Crippen MR) is 62.2 cm³/mol. The minimum Gasteiger partial charge on any atom is -0.388 e. The van der Waals surface area contributed by atoms with Gasteiger partial charge in [-0.1, -0.05) is 15.9 Å². The van der Waals surface area contributed by atoms with Crippen LogP contribution in [0.2, 0.25) is 0 Å². The van der Waals surface area contributed by atoms with Crippen LogP contribution < -0.4 is 5.73 Å². The smallest absolute Gasteiger partial charge is 0.127 e. The van der Waals surface area contributed by atoms with Crippen LogP contribution >= 0.6 is 15.9 Å². The van der Waals surface area contributed by atoms with Crippen molar-refractivity contribution in [1.82, 2.24) is 0 Å². The molecular formula is C11H15BrFNO. The van der Waals surface area contributed by atoms with Crippen molar-refractivity contribution >= 4 is 15.9 Å². The maximum Gasteiger partial charge on any atom is 0.127 e. The number of hydrogen-bond acceptors (Lipinski definition) is 2. The van der Waals surface area contributed by atoms with Gasteiger partial charge in [-0.15, -0.1) is 0 Å². The summed E-state index contributed by atoms with van der Waals surface area (Å²) in [6.07, 6.45) is -0.251. The van der Waals surface area contributed by atoms with Crippen LogP contribution in [0.1, 0.15) is 29.2 Å². The molecule has 0 aliphatic rings. The maximum atomic E-state index is 13.4. The van der Waals surface area contributed by atoms with Gasteiger partial charge in [-0.2, -0.15) is 0 Å². The van der Waals surface area contributed by atoms with Gasteiger partial charge in [-0.05, 0) is 49.6 Å². The molecule has 0 aliphatic carbocycles. The molecule has 0 aromatic heterocycles. The SMILES string of the molecule is Cc1c(F)cc(Br)c(C)c1C(O)CCN. The fourth-order valence-electron chi connectivity index (χ4n) is 1.67. The van der Waals surface area contributed by atoms with E-state index in [1.807, 2.05) is 6.92 Å². The van der Waals surface area contributed by atoms with E-state index in [1.54, 1.807) is 6.92 Å². The minimum absolute atomic E-state index is 0.307. The van der Waals surface area contributed by atoms with E-state index in [1.165, 1.54) is 6.07 Å². The fourth-order valence-corrected chi connectivity index (χ4v) is 2.08.